The van der Waals surface area contributed by atoms with Gasteiger partial charge < -0.3 is 9.84 Å². The summed E-state index contributed by atoms with van der Waals surface area (Å²) in [4.78, 5) is 10.9. The van der Waals surface area contributed by atoms with Crippen molar-refractivity contribution < 1.29 is 14.6 Å². The minimum atomic E-state index is -0.969. The maximum atomic E-state index is 10.9. The van der Waals surface area contributed by atoms with Gasteiger partial charge in [0, 0.05) is 4.47 Å². The van der Waals surface area contributed by atoms with Crippen LogP contribution in [0.5, 0.6) is 11.5 Å². The highest BCUT2D eigenvalue weighted by molar-refractivity contribution is 9.10. The molecule has 0 amide bonds. The van der Waals surface area contributed by atoms with Crippen molar-refractivity contribution in [2.45, 2.75) is 6.92 Å². The van der Waals surface area contributed by atoms with Gasteiger partial charge in [0.2, 0.25) is 0 Å². The van der Waals surface area contributed by atoms with Crippen molar-refractivity contribution in [1.82, 2.24) is 0 Å². The zero-order valence-electron chi connectivity index (χ0n) is 9.68. The van der Waals surface area contributed by atoms with Gasteiger partial charge in [0.05, 0.1) is 5.56 Å². The van der Waals surface area contributed by atoms with Crippen molar-refractivity contribution in [2.75, 3.05) is 0 Å². The molecule has 0 aromatic heterocycles. The molecule has 0 heterocycles. The number of aromatic carboxylic acids is 1. The topological polar surface area (TPSA) is 46.5 Å². The lowest BCUT2D eigenvalue weighted by molar-refractivity contribution is 0.0696. The fraction of sp³-hybridized carbons (Fsp3) is 0.0714. The number of halogens is 1. The Morgan fingerprint density at radius 1 is 1.17 bits per heavy atom. The number of rotatable bonds is 3. The van der Waals surface area contributed by atoms with Crippen molar-refractivity contribution in [3.63, 3.8) is 0 Å². The molecule has 2 aromatic rings. The Labute approximate surface area is 113 Å². The summed E-state index contributed by atoms with van der Waals surface area (Å²) < 4.78 is 6.15. The SMILES string of the molecule is Cc1cccc(Oc2ccc(C(=O)O)c(Br)c2)c1. The van der Waals surface area contributed by atoms with Crippen LogP contribution in [0.3, 0.4) is 0 Å². The molecule has 3 nitrogen and oxygen atoms in total. The molecule has 4 heteroatoms. The third kappa shape index (κ3) is 2.90. The number of ether oxygens (including phenoxy) is 1. The van der Waals surface area contributed by atoms with Gasteiger partial charge in [-0.05, 0) is 58.7 Å². The van der Waals surface area contributed by atoms with E-state index in [0.29, 0.717) is 10.2 Å². The number of aryl methyl sites for hydroxylation is 1. The maximum Gasteiger partial charge on any atom is 0.336 e. The second-order valence-electron chi connectivity index (χ2n) is 3.87. The van der Waals surface area contributed by atoms with Gasteiger partial charge in [-0.25, -0.2) is 4.79 Å². The molecule has 0 spiro atoms. The minimum absolute atomic E-state index is 0.214. The fourth-order valence-corrected chi connectivity index (χ4v) is 2.08. The molecular weight excluding hydrogens is 296 g/mol. The van der Waals surface area contributed by atoms with Crippen LogP contribution in [0.25, 0.3) is 0 Å². The first-order chi connectivity index (χ1) is 8.56. The van der Waals surface area contributed by atoms with Crippen LogP contribution in [0.1, 0.15) is 15.9 Å². The van der Waals surface area contributed by atoms with E-state index in [2.05, 4.69) is 15.9 Å². The summed E-state index contributed by atoms with van der Waals surface area (Å²) >= 11 is 3.21. The van der Waals surface area contributed by atoms with E-state index in [0.717, 1.165) is 11.3 Å². The average molecular weight is 307 g/mol. The van der Waals surface area contributed by atoms with Gasteiger partial charge in [0.25, 0.3) is 0 Å². The lowest BCUT2D eigenvalue weighted by atomic mass is 10.2. The Balaban J connectivity index is 2.25. The molecule has 0 bridgehead atoms. The first kappa shape index (κ1) is 12.6. The molecule has 0 fully saturated rings. The van der Waals surface area contributed by atoms with E-state index in [-0.39, 0.29) is 5.56 Å². The van der Waals surface area contributed by atoms with Crippen LogP contribution >= 0.6 is 15.9 Å². The van der Waals surface area contributed by atoms with E-state index in [4.69, 9.17) is 9.84 Å². The zero-order valence-corrected chi connectivity index (χ0v) is 11.3. The summed E-state index contributed by atoms with van der Waals surface area (Å²) in [5, 5.41) is 8.91. The summed E-state index contributed by atoms with van der Waals surface area (Å²) in [5.74, 6) is 0.353. The molecule has 0 aliphatic carbocycles. The van der Waals surface area contributed by atoms with Gasteiger partial charge in [0.1, 0.15) is 11.5 Å². The largest absolute Gasteiger partial charge is 0.478 e. The molecule has 0 atom stereocenters. The van der Waals surface area contributed by atoms with Crippen LogP contribution in [0.15, 0.2) is 46.9 Å². The Kier molecular flexibility index (Phi) is 3.67. The van der Waals surface area contributed by atoms with Crippen molar-refractivity contribution in [3.8, 4) is 11.5 Å². The zero-order chi connectivity index (χ0) is 13.1. The average Bonchev–Trinajstić information content (AvgIpc) is 2.28. The van der Waals surface area contributed by atoms with Crippen LogP contribution in [0.4, 0.5) is 0 Å². The monoisotopic (exact) mass is 306 g/mol. The second kappa shape index (κ2) is 5.23. The molecular formula is C14H11BrO3. The molecule has 92 valence electrons. The number of hydrogen-bond acceptors (Lipinski definition) is 2. The summed E-state index contributed by atoms with van der Waals surface area (Å²) in [7, 11) is 0. The molecule has 2 rings (SSSR count). The second-order valence-corrected chi connectivity index (χ2v) is 4.72. The highest BCUT2D eigenvalue weighted by Gasteiger charge is 2.09. The molecule has 0 unspecified atom stereocenters. The van der Waals surface area contributed by atoms with E-state index >= 15 is 0 Å². The van der Waals surface area contributed by atoms with E-state index in [9.17, 15) is 4.79 Å². The lowest BCUT2D eigenvalue weighted by Gasteiger charge is -2.07. The fourth-order valence-electron chi connectivity index (χ4n) is 1.55. The van der Waals surface area contributed by atoms with Crippen LogP contribution in [0.2, 0.25) is 0 Å². The summed E-state index contributed by atoms with van der Waals surface area (Å²) in [5.41, 5.74) is 1.32. The minimum Gasteiger partial charge on any atom is -0.478 e. The molecule has 18 heavy (non-hydrogen) atoms. The highest BCUT2D eigenvalue weighted by atomic mass is 79.9. The van der Waals surface area contributed by atoms with Gasteiger partial charge in [-0.2, -0.15) is 0 Å². The summed E-state index contributed by atoms with van der Waals surface area (Å²) in [6.45, 7) is 1.98. The predicted octanol–water partition coefficient (Wildman–Crippen LogP) is 4.25. The van der Waals surface area contributed by atoms with E-state index in [1.54, 1.807) is 12.1 Å². The molecule has 0 aliphatic rings. The molecule has 1 N–H and O–H groups in total. The quantitative estimate of drug-likeness (QED) is 0.922. The van der Waals surface area contributed by atoms with Crippen molar-refractivity contribution in [3.05, 3.63) is 58.1 Å². The molecule has 0 saturated carbocycles. The third-order valence-corrected chi connectivity index (χ3v) is 3.05. The van der Waals surface area contributed by atoms with Gasteiger partial charge in [-0.1, -0.05) is 12.1 Å². The molecule has 2 aromatic carbocycles. The van der Waals surface area contributed by atoms with E-state index in [1.165, 1.54) is 6.07 Å². The van der Waals surface area contributed by atoms with Gasteiger partial charge in [0.15, 0.2) is 0 Å². The smallest absolute Gasteiger partial charge is 0.336 e. The van der Waals surface area contributed by atoms with Crippen molar-refractivity contribution in [1.29, 1.82) is 0 Å². The number of carbonyl (C=O) groups is 1. The van der Waals surface area contributed by atoms with Crippen LogP contribution in [-0.2, 0) is 0 Å². The van der Waals surface area contributed by atoms with Crippen molar-refractivity contribution in [2.24, 2.45) is 0 Å². The number of carboxylic acid groups (broad SMARTS) is 1. The summed E-state index contributed by atoms with van der Waals surface area (Å²) in [6, 6.07) is 12.5. The Hall–Kier alpha value is -1.81. The van der Waals surface area contributed by atoms with E-state index < -0.39 is 5.97 Å². The third-order valence-electron chi connectivity index (χ3n) is 2.40. The van der Waals surface area contributed by atoms with Crippen LogP contribution in [-0.4, -0.2) is 11.1 Å². The first-order valence-electron chi connectivity index (χ1n) is 5.33. The van der Waals surface area contributed by atoms with Crippen molar-refractivity contribution >= 4 is 21.9 Å². The predicted molar refractivity (Wildman–Crippen MR) is 72.4 cm³/mol. The Morgan fingerprint density at radius 3 is 2.50 bits per heavy atom. The van der Waals surface area contributed by atoms with Gasteiger partial charge in [-0.3, -0.25) is 0 Å². The Bertz CT molecular complexity index is 593. The summed E-state index contributed by atoms with van der Waals surface area (Å²) in [6.07, 6.45) is 0. The highest BCUT2D eigenvalue weighted by Crippen LogP contribution is 2.27. The molecule has 0 radical (unpaired) electrons. The lowest BCUT2D eigenvalue weighted by Crippen LogP contribution is -1.97. The van der Waals surface area contributed by atoms with Crippen LogP contribution < -0.4 is 4.74 Å². The van der Waals surface area contributed by atoms with Gasteiger partial charge >= 0.3 is 5.97 Å². The first-order valence-corrected chi connectivity index (χ1v) is 6.13. The Morgan fingerprint density at radius 2 is 1.89 bits per heavy atom. The standard InChI is InChI=1S/C14H11BrO3/c1-9-3-2-4-10(7-9)18-11-5-6-12(14(16)17)13(15)8-11/h2-8H,1H3,(H,16,17). The maximum absolute atomic E-state index is 10.9. The van der Waals surface area contributed by atoms with E-state index in [1.807, 2.05) is 31.2 Å². The number of hydrogen-bond donors (Lipinski definition) is 1. The molecule has 0 saturated heterocycles. The number of carboxylic acids is 1. The normalized spacial score (nSPS) is 10.1. The number of benzene rings is 2. The van der Waals surface area contributed by atoms with Crippen LogP contribution in [0, 0.1) is 6.92 Å². The molecule has 0 aliphatic heterocycles. The van der Waals surface area contributed by atoms with Gasteiger partial charge in [-0.15, -0.1) is 0 Å².